The summed E-state index contributed by atoms with van der Waals surface area (Å²) in [5, 5.41) is 6.26. The van der Waals surface area contributed by atoms with Crippen molar-refractivity contribution < 1.29 is 53.4 Å². The Labute approximate surface area is 246 Å². The maximum atomic E-state index is 14.0. The SMILES string of the molecule is CN(c1cnc(S(=O)(=O)Nc2cccc(F)n2)cc1C(F)(F)F)C1CCN(Cc2cccc(F)c2)CC1.O=C(O)C(F)(F)F. The summed E-state index contributed by atoms with van der Waals surface area (Å²) in [6, 6.07) is 9.84. The molecule has 0 atom stereocenters. The average molecular weight is 656 g/mol. The Morgan fingerprint density at radius 2 is 1.66 bits per heavy atom. The van der Waals surface area contributed by atoms with Gasteiger partial charge in [-0.15, -0.1) is 0 Å². The number of alkyl halides is 6. The molecule has 9 nitrogen and oxygen atoms in total. The van der Waals surface area contributed by atoms with Crippen molar-refractivity contribution >= 4 is 27.5 Å². The van der Waals surface area contributed by atoms with Crippen molar-refractivity contribution in [1.82, 2.24) is 14.9 Å². The Bertz CT molecular complexity index is 1560. The number of carboxylic acid groups (broad SMARTS) is 1. The molecule has 1 aromatic carbocycles. The Morgan fingerprint density at radius 1 is 1.05 bits per heavy atom. The second kappa shape index (κ2) is 13.7. The summed E-state index contributed by atoms with van der Waals surface area (Å²) in [5.74, 6) is -4.43. The van der Waals surface area contributed by atoms with Crippen LogP contribution in [-0.4, -0.2) is 66.7 Å². The van der Waals surface area contributed by atoms with E-state index in [1.54, 1.807) is 6.07 Å². The molecule has 2 aromatic heterocycles. The van der Waals surface area contributed by atoms with Gasteiger partial charge in [0.2, 0.25) is 5.95 Å². The highest BCUT2D eigenvalue weighted by Gasteiger charge is 2.39. The van der Waals surface area contributed by atoms with Crippen LogP contribution in [0.4, 0.5) is 46.6 Å². The smallest absolute Gasteiger partial charge is 0.475 e. The van der Waals surface area contributed by atoms with Crippen molar-refractivity contribution in [2.24, 2.45) is 0 Å². The number of piperidine rings is 1. The van der Waals surface area contributed by atoms with Gasteiger partial charge in [0.25, 0.3) is 10.0 Å². The predicted octanol–water partition coefficient (Wildman–Crippen LogP) is 5.31. The lowest BCUT2D eigenvalue weighted by molar-refractivity contribution is -0.192. The third-order valence-corrected chi connectivity index (χ3v) is 7.67. The lowest BCUT2D eigenvalue weighted by atomic mass is 10.0. The summed E-state index contributed by atoms with van der Waals surface area (Å²) in [6.07, 6.45) is -7.95. The quantitative estimate of drug-likeness (QED) is 0.260. The molecule has 2 N–H and O–H groups in total. The molecule has 1 aliphatic heterocycles. The molecule has 0 bridgehead atoms. The zero-order valence-electron chi connectivity index (χ0n) is 22.7. The molecule has 0 saturated carbocycles. The lowest BCUT2D eigenvalue weighted by Crippen LogP contribution is -2.43. The van der Waals surface area contributed by atoms with E-state index in [4.69, 9.17) is 9.90 Å². The minimum absolute atomic E-state index is 0.247. The predicted molar refractivity (Wildman–Crippen MR) is 141 cm³/mol. The summed E-state index contributed by atoms with van der Waals surface area (Å²) in [6.45, 7) is 1.72. The van der Waals surface area contributed by atoms with Crippen LogP contribution in [0.25, 0.3) is 0 Å². The summed E-state index contributed by atoms with van der Waals surface area (Å²) < 4.78 is 128. The molecule has 4 rings (SSSR count). The lowest BCUT2D eigenvalue weighted by Gasteiger charge is -2.38. The van der Waals surface area contributed by atoms with Gasteiger partial charge >= 0.3 is 18.3 Å². The highest BCUT2D eigenvalue weighted by atomic mass is 32.2. The van der Waals surface area contributed by atoms with Crippen LogP contribution in [0.1, 0.15) is 24.0 Å². The number of sulfonamides is 1. The van der Waals surface area contributed by atoms with Gasteiger partial charge in [-0.3, -0.25) is 9.62 Å². The van der Waals surface area contributed by atoms with Crippen LogP contribution in [0.2, 0.25) is 0 Å². The first kappa shape index (κ1) is 34.4. The van der Waals surface area contributed by atoms with E-state index >= 15 is 0 Å². The van der Waals surface area contributed by atoms with Gasteiger partial charge in [0.1, 0.15) is 11.6 Å². The minimum Gasteiger partial charge on any atom is -0.475 e. The number of aromatic nitrogens is 2. The molecule has 3 aromatic rings. The molecule has 0 spiro atoms. The number of nitrogens with zero attached hydrogens (tertiary/aromatic N) is 4. The molecule has 0 unspecified atom stereocenters. The number of anilines is 2. The molecule has 3 heterocycles. The fourth-order valence-corrected chi connectivity index (χ4v) is 5.25. The molecule has 1 fully saturated rings. The molecular weight excluding hydrogens is 630 g/mol. The number of rotatable bonds is 7. The van der Waals surface area contributed by atoms with E-state index in [0.717, 1.165) is 23.9 Å². The number of carbonyl (C=O) groups is 1. The monoisotopic (exact) mass is 655 g/mol. The van der Waals surface area contributed by atoms with Crippen LogP contribution in [0, 0.1) is 11.8 Å². The summed E-state index contributed by atoms with van der Waals surface area (Å²) >= 11 is 0. The largest absolute Gasteiger partial charge is 0.490 e. The first-order valence-electron chi connectivity index (χ1n) is 12.6. The van der Waals surface area contributed by atoms with Crippen molar-refractivity contribution in [1.29, 1.82) is 0 Å². The molecule has 1 aliphatic rings. The van der Waals surface area contributed by atoms with Crippen LogP contribution in [-0.2, 0) is 27.5 Å². The second-order valence-electron chi connectivity index (χ2n) is 9.54. The standard InChI is InChI=1S/C24H24F5N5O2S.C2HF3O2/c1-33(18-8-10-34(11-9-18)15-16-4-2-5-17(25)12-16)20-14-30-23(13-19(20)24(27,28)29)37(35,36)32-22-7-3-6-21(26)31-22;3-2(4,5)1(6)7/h2-7,12-14,18H,8-11,15H2,1H3,(H,31,32);(H,6,7). The normalized spacial score (nSPS) is 14.8. The molecule has 18 heteroatoms. The molecular formula is C26H25F8N5O4S. The number of pyridine rings is 2. The summed E-state index contributed by atoms with van der Waals surface area (Å²) in [5.41, 5.74) is -0.590. The number of aliphatic carboxylic acids is 1. The van der Waals surface area contributed by atoms with Crippen LogP contribution in [0.3, 0.4) is 0 Å². The Balaban J connectivity index is 0.000000676. The number of likely N-dealkylation sites (tertiary alicyclic amines) is 1. The van der Waals surface area contributed by atoms with Crippen LogP contribution in [0.5, 0.6) is 0 Å². The first-order chi connectivity index (χ1) is 20.4. The van der Waals surface area contributed by atoms with Gasteiger partial charge < -0.3 is 10.0 Å². The number of halogens is 8. The fourth-order valence-electron chi connectivity index (χ4n) is 4.29. The van der Waals surface area contributed by atoms with E-state index in [1.807, 2.05) is 10.8 Å². The van der Waals surface area contributed by atoms with Gasteiger partial charge in [0.15, 0.2) is 5.03 Å². The maximum Gasteiger partial charge on any atom is 0.490 e. The van der Waals surface area contributed by atoms with Crippen LogP contribution >= 0.6 is 0 Å². The van der Waals surface area contributed by atoms with E-state index in [9.17, 15) is 43.5 Å². The van der Waals surface area contributed by atoms with E-state index < -0.39 is 44.9 Å². The van der Waals surface area contributed by atoms with E-state index in [2.05, 4.69) is 14.9 Å². The minimum atomic E-state index is -5.08. The Morgan fingerprint density at radius 3 is 2.20 bits per heavy atom. The van der Waals surface area contributed by atoms with Gasteiger partial charge in [-0.25, -0.2) is 19.2 Å². The molecule has 0 radical (unpaired) electrons. The first-order valence-corrected chi connectivity index (χ1v) is 14.1. The topological polar surface area (TPSA) is 116 Å². The fraction of sp³-hybridized carbons (Fsp3) is 0.346. The second-order valence-corrected chi connectivity index (χ2v) is 11.2. The van der Waals surface area contributed by atoms with Crippen molar-refractivity contribution in [3.8, 4) is 0 Å². The zero-order valence-corrected chi connectivity index (χ0v) is 23.5. The number of hydrogen-bond donors (Lipinski definition) is 2. The van der Waals surface area contributed by atoms with Gasteiger partial charge in [0, 0.05) is 32.7 Å². The van der Waals surface area contributed by atoms with Crippen molar-refractivity contribution in [3.05, 3.63) is 77.6 Å². The summed E-state index contributed by atoms with van der Waals surface area (Å²) in [4.78, 5) is 19.6. The maximum absolute atomic E-state index is 14.0. The third-order valence-electron chi connectivity index (χ3n) is 6.42. The highest BCUT2D eigenvalue weighted by Crippen LogP contribution is 2.38. The highest BCUT2D eigenvalue weighted by molar-refractivity contribution is 7.92. The van der Waals surface area contributed by atoms with Crippen molar-refractivity contribution in [2.75, 3.05) is 29.8 Å². The van der Waals surface area contributed by atoms with E-state index in [-0.39, 0.29) is 23.4 Å². The number of carboxylic acids is 1. The number of hydrogen-bond acceptors (Lipinski definition) is 7. The van der Waals surface area contributed by atoms with E-state index in [0.29, 0.717) is 38.5 Å². The third kappa shape index (κ3) is 9.47. The van der Waals surface area contributed by atoms with Gasteiger partial charge in [0.05, 0.1) is 17.4 Å². The van der Waals surface area contributed by atoms with Gasteiger partial charge in [-0.2, -0.15) is 39.2 Å². The van der Waals surface area contributed by atoms with Crippen LogP contribution in [0.15, 0.2) is 59.8 Å². The zero-order chi connectivity index (χ0) is 32.9. The van der Waals surface area contributed by atoms with Gasteiger partial charge in [-0.05, 0) is 48.7 Å². The Hall–Kier alpha value is -4.06. The number of nitrogens with one attached hydrogen (secondary N) is 1. The van der Waals surface area contributed by atoms with Crippen LogP contribution < -0.4 is 9.62 Å². The molecule has 1 saturated heterocycles. The molecule has 44 heavy (non-hydrogen) atoms. The van der Waals surface area contributed by atoms with E-state index in [1.165, 1.54) is 30.1 Å². The van der Waals surface area contributed by atoms with Crippen molar-refractivity contribution in [2.45, 2.75) is 42.8 Å². The van der Waals surface area contributed by atoms with Gasteiger partial charge in [-0.1, -0.05) is 18.2 Å². The molecule has 0 aliphatic carbocycles. The Kier molecular flexibility index (Phi) is 10.7. The summed E-state index contributed by atoms with van der Waals surface area (Å²) in [7, 11) is -3.05. The molecule has 240 valence electrons. The average Bonchev–Trinajstić information content (AvgIpc) is 2.92. The van der Waals surface area contributed by atoms with Crippen molar-refractivity contribution in [3.63, 3.8) is 0 Å². The number of benzene rings is 1. The molecule has 0 amide bonds.